The molecular weight excluding hydrogens is 280 g/mol. The van der Waals surface area contributed by atoms with E-state index in [0.29, 0.717) is 5.76 Å². The van der Waals surface area contributed by atoms with Crippen LogP contribution in [0.4, 0.5) is 0 Å². The summed E-state index contributed by atoms with van der Waals surface area (Å²) in [5.74, 6) is 0.0752. The van der Waals surface area contributed by atoms with E-state index in [9.17, 15) is 4.79 Å². The fourth-order valence-corrected chi connectivity index (χ4v) is 1.97. The molecule has 0 bridgehead atoms. The number of para-hydroxylation sites is 1. The average Bonchev–Trinajstić information content (AvgIpc) is 2.87. The molecule has 0 aliphatic carbocycles. The Bertz CT molecular complexity index is 591. The van der Waals surface area contributed by atoms with E-state index in [-0.39, 0.29) is 11.8 Å². The molecule has 2 rings (SSSR count). The SMILES string of the molecule is COC(=O)C(COc1ccccc1C)c1ccc(Cl)o1. The van der Waals surface area contributed by atoms with Gasteiger partial charge in [-0.05, 0) is 42.3 Å². The molecule has 0 N–H and O–H groups in total. The van der Waals surface area contributed by atoms with Crippen molar-refractivity contribution < 1.29 is 18.7 Å². The number of furan rings is 1. The summed E-state index contributed by atoms with van der Waals surface area (Å²) in [7, 11) is 1.33. The third kappa shape index (κ3) is 3.33. The van der Waals surface area contributed by atoms with Gasteiger partial charge in [0.05, 0.1) is 7.11 Å². The van der Waals surface area contributed by atoms with Gasteiger partial charge in [0.15, 0.2) is 5.22 Å². The Morgan fingerprint density at radius 3 is 2.65 bits per heavy atom. The predicted octanol–water partition coefficient (Wildman–Crippen LogP) is 3.58. The van der Waals surface area contributed by atoms with E-state index < -0.39 is 11.9 Å². The van der Waals surface area contributed by atoms with E-state index in [1.165, 1.54) is 7.11 Å². The third-order valence-corrected chi connectivity index (χ3v) is 3.13. The predicted molar refractivity (Wildman–Crippen MR) is 75.1 cm³/mol. The highest BCUT2D eigenvalue weighted by molar-refractivity contribution is 6.28. The monoisotopic (exact) mass is 294 g/mol. The zero-order chi connectivity index (χ0) is 14.5. The number of aryl methyl sites for hydroxylation is 1. The first kappa shape index (κ1) is 14.5. The number of halogens is 1. The molecule has 0 saturated carbocycles. The summed E-state index contributed by atoms with van der Waals surface area (Å²) in [6.45, 7) is 2.06. The molecule has 1 aromatic carbocycles. The van der Waals surface area contributed by atoms with Gasteiger partial charge in [-0.15, -0.1) is 0 Å². The normalized spacial score (nSPS) is 11.9. The molecule has 4 nitrogen and oxygen atoms in total. The van der Waals surface area contributed by atoms with Crippen LogP contribution in [-0.2, 0) is 9.53 Å². The van der Waals surface area contributed by atoms with E-state index in [2.05, 4.69) is 0 Å². The number of carbonyl (C=O) groups excluding carboxylic acids is 1. The standard InChI is InChI=1S/C15H15ClO4/c1-10-5-3-4-6-12(10)19-9-11(15(17)18-2)13-7-8-14(16)20-13/h3-8,11H,9H2,1-2H3. The highest BCUT2D eigenvalue weighted by atomic mass is 35.5. The summed E-state index contributed by atoms with van der Waals surface area (Å²) in [6, 6.07) is 10.8. The molecule has 0 amide bonds. The fourth-order valence-electron chi connectivity index (χ4n) is 1.82. The first-order valence-electron chi connectivity index (χ1n) is 6.13. The molecular formula is C15H15ClO4. The molecule has 1 unspecified atom stereocenters. The lowest BCUT2D eigenvalue weighted by Gasteiger charge is -2.14. The lowest BCUT2D eigenvalue weighted by Crippen LogP contribution is -2.21. The fraction of sp³-hybridized carbons (Fsp3) is 0.267. The molecule has 0 spiro atoms. The van der Waals surface area contributed by atoms with Gasteiger partial charge in [0, 0.05) is 0 Å². The van der Waals surface area contributed by atoms with Crippen LogP contribution in [0.3, 0.4) is 0 Å². The van der Waals surface area contributed by atoms with Gasteiger partial charge in [-0.3, -0.25) is 4.79 Å². The number of benzene rings is 1. The van der Waals surface area contributed by atoms with Crippen molar-refractivity contribution in [2.75, 3.05) is 13.7 Å². The second kappa shape index (κ2) is 6.48. The molecule has 20 heavy (non-hydrogen) atoms. The minimum absolute atomic E-state index is 0.126. The zero-order valence-electron chi connectivity index (χ0n) is 11.3. The Kier molecular flexibility index (Phi) is 4.69. The van der Waals surface area contributed by atoms with Crippen molar-refractivity contribution in [3.05, 3.63) is 52.9 Å². The molecule has 0 aliphatic heterocycles. The van der Waals surface area contributed by atoms with Crippen LogP contribution in [0.25, 0.3) is 0 Å². The van der Waals surface area contributed by atoms with E-state index in [1.807, 2.05) is 31.2 Å². The Balaban J connectivity index is 2.13. The van der Waals surface area contributed by atoms with E-state index in [0.717, 1.165) is 11.3 Å². The number of hydrogen-bond donors (Lipinski definition) is 0. The van der Waals surface area contributed by atoms with Crippen molar-refractivity contribution >= 4 is 17.6 Å². The second-order valence-corrected chi connectivity index (χ2v) is 4.67. The second-order valence-electron chi connectivity index (χ2n) is 4.29. The van der Waals surface area contributed by atoms with Crippen LogP contribution in [-0.4, -0.2) is 19.7 Å². The van der Waals surface area contributed by atoms with Crippen LogP contribution in [0.2, 0.25) is 5.22 Å². The summed E-state index contributed by atoms with van der Waals surface area (Å²) in [4.78, 5) is 11.8. The highest BCUT2D eigenvalue weighted by Crippen LogP contribution is 2.25. The van der Waals surface area contributed by atoms with Crippen molar-refractivity contribution in [1.29, 1.82) is 0 Å². The Morgan fingerprint density at radius 2 is 2.05 bits per heavy atom. The minimum atomic E-state index is -0.646. The maximum absolute atomic E-state index is 11.8. The Morgan fingerprint density at radius 1 is 1.30 bits per heavy atom. The van der Waals surface area contributed by atoms with Crippen molar-refractivity contribution in [2.24, 2.45) is 0 Å². The zero-order valence-corrected chi connectivity index (χ0v) is 12.0. The Labute approximate surface area is 122 Å². The number of ether oxygens (including phenoxy) is 2. The summed E-state index contributed by atoms with van der Waals surface area (Å²) in [5.41, 5.74) is 0.994. The summed E-state index contributed by atoms with van der Waals surface area (Å²) in [6.07, 6.45) is 0. The first-order valence-corrected chi connectivity index (χ1v) is 6.51. The van der Waals surface area contributed by atoms with Crippen LogP contribution in [0.1, 0.15) is 17.2 Å². The van der Waals surface area contributed by atoms with Crippen LogP contribution < -0.4 is 4.74 Å². The van der Waals surface area contributed by atoms with E-state index in [4.69, 9.17) is 25.5 Å². The number of hydrogen-bond acceptors (Lipinski definition) is 4. The van der Waals surface area contributed by atoms with Gasteiger partial charge in [0.25, 0.3) is 0 Å². The van der Waals surface area contributed by atoms with E-state index >= 15 is 0 Å². The van der Waals surface area contributed by atoms with Gasteiger partial charge in [0.2, 0.25) is 0 Å². The number of carbonyl (C=O) groups is 1. The molecule has 0 fully saturated rings. The topological polar surface area (TPSA) is 48.7 Å². The molecule has 1 aromatic heterocycles. The molecule has 0 saturated heterocycles. The molecule has 0 aliphatic rings. The number of methoxy groups -OCH3 is 1. The summed E-state index contributed by atoms with van der Waals surface area (Å²) >= 11 is 5.74. The van der Waals surface area contributed by atoms with Gasteiger partial charge >= 0.3 is 5.97 Å². The maximum atomic E-state index is 11.8. The molecule has 5 heteroatoms. The van der Waals surface area contributed by atoms with Gasteiger partial charge in [-0.1, -0.05) is 18.2 Å². The highest BCUT2D eigenvalue weighted by Gasteiger charge is 2.26. The molecule has 1 heterocycles. The molecule has 1 atom stereocenters. The summed E-state index contributed by atoms with van der Waals surface area (Å²) in [5, 5.41) is 0.227. The third-order valence-electron chi connectivity index (χ3n) is 2.92. The molecule has 2 aromatic rings. The van der Waals surface area contributed by atoms with Crippen molar-refractivity contribution in [3.8, 4) is 5.75 Å². The summed E-state index contributed by atoms with van der Waals surface area (Å²) < 4.78 is 15.7. The Hall–Kier alpha value is -1.94. The molecule has 0 radical (unpaired) electrons. The number of esters is 1. The number of rotatable bonds is 5. The van der Waals surface area contributed by atoms with Crippen LogP contribution in [0, 0.1) is 6.92 Å². The maximum Gasteiger partial charge on any atom is 0.319 e. The minimum Gasteiger partial charge on any atom is -0.492 e. The average molecular weight is 295 g/mol. The van der Waals surface area contributed by atoms with Crippen molar-refractivity contribution in [1.82, 2.24) is 0 Å². The first-order chi connectivity index (χ1) is 9.61. The van der Waals surface area contributed by atoms with Crippen LogP contribution >= 0.6 is 11.6 Å². The lowest BCUT2D eigenvalue weighted by atomic mass is 10.1. The van der Waals surface area contributed by atoms with Gasteiger partial charge < -0.3 is 13.9 Å². The van der Waals surface area contributed by atoms with Gasteiger partial charge in [-0.2, -0.15) is 0 Å². The van der Waals surface area contributed by atoms with Crippen molar-refractivity contribution in [2.45, 2.75) is 12.8 Å². The van der Waals surface area contributed by atoms with Crippen LogP contribution in [0.5, 0.6) is 5.75 Å². The van der Waals surface area contributed by atoms with Crippen LogP contribution in [0.15, 0.2) is 40.8 Å². The van der Waals surface area contributed by atoms with Crippen molar-refractivity contribution in [3.63, 3.8) is 0 Å². The van der Waals surface area contributed by atoms with E-state index in [1.54, 1.807) is 12.1 Å². The quantitative estimate of drug-likeness (QED) is 0.791. The van der Waals surface area contributed by atoms with Gasteiger partial charge in [0.1, 0.15) is 24.0 Å². The largest absolute Gasteiger partial charge is 0.492 e. The molecule has 106 valence electrons. The lowest BCUT2D eigenvalue weighted by molar-refractivity contribution is -0.143. The smallest absolute Gasteiger partial charge is 0.319 e. The van der Waals surface area contributed by atoms with Gasteiger partial charge in [-0.25, -0.2) is 0 Å².